The lowest BCUT2D eigenvalue weighted by molar-refractivity contribution is -0.148. The highest BCUT2D eigenvalue weighted by Gasteiger charge is 2.50. The second-order valence-corrected chi connectivity index (χ2v) is 6.05. The fraction of sp³-hybridized carbons (Fsp3) is 0.923. The minimum atomic E-state index is -0.452. The van der Waals surface area contributed by atoms with Crippen LogP contribution in [0.5, 0.6) is 0 Å². The van der Waals surface area contributed by atoms with Crippen LogP contribution in [0.4, 0.5) is 0 Å². The van der Waals surface area contributed by atoms with Crippen molar-refractivity contribution in [2.24, 2.45) is 11.8 Å². The molecule has 1 fully saturated rings. The van der Waals surface area contributed by atoms with E-state index in [-0.39, 0.29) is 5.97 Å². The van der Waals surface area contributed by atoms with Crippen molar-refractivity contribution in [3.63, 3.8) is 0 Å². The molecule has 0 aromatic rings. The van der Waals surface area contributed by atoms with Crippen molar-refractivity contribution in [2.75, 3.05) is 25.7 Å². The van der Waals surface area contributed by atoms with E-state index in [4.69, 9.17) is 4.74 Å². The molecule has 0 amide bonds. The van der Waals surface area contributed by atoms with Crippen molar-refractivity contribution < 1.29 is 9.53 Å². The first-order valence-electron chi connectivity index (χ1n) is 6.45. The fourth-order valence-electron chi connectivity index (χ4n) is 2.02. The maximum absolute atomic E-state index is 12.0. The molecule has 1 aliphatic carbocycles. The lowest BCUT2D eigenvalue weighted by Gasteiger charge is -2.30. The third kappa shape index (κ3) is 3.62. The Morgan fingerprint density at radius 2 is 2.24 bits per heavy atom. The van der Waals surface area contributed by atoms with Crippen molar-refractivity contribution in [1.29, 1.82) is 0 Å². The number of hydrogen-bond donors (Lipinski definition) is 1. The average molecular weight is 259 g/mol. The second-order valence-electron chi connectivity index (χ2n) is 5.02. The molecule has 3 nitrogen and oxygen atoms in total. The average Bonchev–Trinajstić information content (AvgIpc) is 3.18. The summed E-state index contributed by atoms with van der Waals surface area (Å²) in [5.41, 5.74) is -0.452. The number of ether oxygens (including phenoxy) is 1. The van der Waals surface area contributed by atoms with Crippen LogP contribution in [0.3, 0.4) is 0 Å². The Morgan fingerprint density at radius 1 is 1.59 bits per heavy atom. The summed E-state index contributed by atoms with van der Waals surface area (Å²) < 4.78 is 4.98. The monoisotopic (exact) mass is 259 g/mol. The Morgan fingerprint density at radius 3 is 2.65 bits per heavy atom. The number of nitrogens with one attached hydrogen (secondary N) is 1. The largest absolute Gasteiger partial charge is 0.468 e. The van der Waals surface area contributed by atoms with Crippen LogP contribution in [0.25, 0.3) is 0 Å². The van der Waals surface area contributed by atoms with E-state index in [1.54, 1.807) is 0 Å². The number of carbonyl (C=O) groups is 1. The van der Waals surface area contributed by atoms with Gasteiger partial charge < -0.3 is 10.1 Å². The van der Waals surface area contributed by atoms with Crippen LogP contribution in [-0.2, 0) is 9.53 Å². The van der Waals surface area contributed by atoms with Gasteiger partial charge in [-0.3, -0.25) is 4.79 Å². The molecule has 0 aliphatic heterocycles. The molecule has 4 heteroatoms. The number of carbonyl (C=O) groups excluding carboxylic acids is 1. The van der Waals surface area contributed by atoms with Crippen LogP contribution >= 0.6 is 11.8 Å². The van der Waals surface area contributed by atoms with E-state index in [2.05, 4.69) is 19.2 Å². The topological polar surface area (TPSA) is 38.3 Å². The van der Waals surface area contributed by atoms with E-state index in [9.17, 15) is 4.79 Å². The lowest BCUT2D eigenvalue weighted by Crippen LogP contribution is -2.55. The number of hydrogen-bond acceptors (Lipinski definition) is 4. The van der Waals surface area contributed by atoms with Crippen molar-refractivity contribution in [2.45, 2.75) is 38.6 Å². The smallest absolute Gasteiger partial charge is 0.327 e. The molecule has 0 spiro atoms. The van der Waals surface area contributed by atoms with E-state index >= 15 is 0 Å². The number of rotatable bonds is 8. The number of likely N-dealkylation sites (N-methyl/N-ethyl adjacent to an activating group) is 1. The van der Waals surface area contributed by atoms with Gasteiger partial charge in [0.1, 0.15) is 5.54 Å². The van der Waals surface area contributed by atoms with Crippen LogP contribution < -0.4 is 5.32 Å². The van der Waals surface area contributed by atoms with Crippen LogP contribution in [-0.4, -0.2) is 37.2 Å². The minimum absolute atomic E-state index is 0.0980. The lowest BCUT2D eigenvalue weighted by atomic mass is 9.96. The van der Waals surface area contributed by atoms with Gasteiger partial charge in [0.05, 0.1) is 7.11 Å². The predicted molar refractivity (Wildman–Crippen MR) is 73.3 cm³/mol. The molecule has 0 radical (unpaired) electrons. The van der Waals surface area contributed by atoms with Crippen LogP contribution in [0.1, 0.15) is 33.1 Å². The van der Waals surface area contributed by atoms with Gasteiger partial charge in [-0.05, 0) is 37.5 Å². The Balaban J connectivity index is 2.54. The second kappa shape index (κ2) is 6.64. The van der Waals surface area contributed by atoms with Gasteiger partial charge in [0.2, 0.25) is 0 Å². The van der Waals surface area contributed by atoms with Gasteiger partial charge in [0.15, 0.2) is 0 Å². The van der Waals surface area contributed by atoms with Crippen molar-refractivity contribution in [1.82, 2.24) is 5.32 Å². The molecule has 1 aliphatic rings. The zero-order valence-corrected chi connectivity index (χ0v) is 12.2. The molecular weight excluding hydrogens is 234 g/mol. The minimum Gasteiger partial charge on any atom is -0.468 e. The van der Waals surface area contributed by atoms with Gasteiger partial charge in [0, 0.05) is 5.75 Å². The van der Waals surface area contributed by atoms with Crippen LogP contribution in [0, 0.1) is 11.8 Å². The quantitative estimate of drug-likeness (QED) is 0.679. The summed E-state index contributed by atoms with van der Waals surface area (Å²) in [5, 5.41) is 3.22. The summed E-state index contributed by atoms with van der Waals surface area (Å²) in [6.07, 6.45) is 3.47. The zero-order valence-electron chi connectivity index (χ0n) is 11.4. The van der Waals surface area contributed by atoms with E-state index in [1.165, 1.54) is 13.5 Å². The molecule has 0 saturated heterocycles. The summed E-state index contributed by atoms with van der Waals surface area (Å²) in [6.45, 7) is 4.46. The van der Waals surface area contributed by atoms with Gasteiger partial charge >= 0.3 is 5.97 Å². The van der Waals surface area contributed by atoms with Crippen molar-refractivity contribution in [3.05, 3.63) is 0 Å². The van der Waals surface area contributed by atoms with Gasteiger partial charge in [-0.1, -0.05) is 20.3 Å². The maximum Gasteiger partial charge on any atom is 0.327 e. The summed E-state index contributed by atoms with van der Waals surface area (Å²) in [7, 11) is 3.36. The van der Waals surface area contributed by atoms with Gasteiger partial charge in [-0.25, -0.2) is 0 Å². The SMILES string of the molecule is CCC(C)CSCC(NC)(C(=O)OC)C1CC1. The Hall–Kier alpha value is -0.220. The van der Waals surface area contributed by atoms with Crippen molar-refractivity contribution >= 4 is 17.7 Å². The molecule has 1 rings (SSSR count). The molecule has 0 heterocycles. The highest BCUT2D eigenvalue weighted by atomic mass is 32.2. The first kappa shape index (κ1) is 14.8. The summed E-state index contributed by atoms with van der Waals surface area (Å²) in [6, 6.07) is 0. The summed E-state index contributed by atoms with van der Waals surface area (Å²) >= 11 is 1.87. The molecule has 1 N–H and O–H groups in total. The van der Waals surface area contributed by atoms with Crippen LogP contribution in [0.15, 0.2) is 0 Å². The third-order valence-corrected chi connectivity index (χ3v) is 5.16. The number of thioether (sulfide) groups is 1. The molecule has 2 atom stereocenters. The first-order valence-corrected chi connectivity index (χ1v) is 7.61. The Labute approximate surface area is 109 Å². The molecule has 1 saturated carbocycles. The van der Waals surface area contributed by atoms with Crippen LogP contribution in [0.2, 0.25) is 0 Å². The molecule has 0 bridgehead atoms. The summed E-state index contributed by atoms with van der Waals surface area (Å²) in [4.78, 5) is 12.0. The Kier molecular flexibility index (Phi) is 5.80. The van der Waals surface area contributed by atoms with E-state index in [0.29, 0.717) is 11.8 Å². The summed E-state index contributed by atoms with van der Waals surface area (Å²) in [5.74, 6) is 3.02. The molecule has 100 valence electrons. The standard InChI is InChI=1S/C13H25NO2S/c1-5-10(2)8-17-9-13(14-3,11-6-7-11)12(15)16-4/h10-11,14H,5-9H2,1-4H3. The molecule has 17 heavy (non-hydrogen) atoms. The maximum atomic E-state index is 12.0. The van der Waals surface area contributed by atoms with Gasteiger partial charge in [-0.15, -0.1) is 0 Å². The highest BCUT2D eigenvalue weighted by molar-refractivity contribution is 7.99. The first-order chi connectivity index (χ1) is 8.10. The van der Waals surface area contributed by atoms with Crippen molar-refractivity contribution in [3.8, 4) is 0 Å². The Bertz CT molecular complexity index is 256. The molecular formula is C13H25NO2S. The zero-order chi connectivity index (χ0) is 12.9. The van der Waals surface area contributed by atoms with Gasteiger partial charge in [0.25, 0.3) is 0 Å². The number of esters is 1. The molecule has 0 aromatic heterocycles. The van der Waals surface area contributed by atoms with E-state index in [1.807, 2.05) is 18.8 Å². The predicted octanol–water partition coefficient (Wildman–Crippen LogP) is 2.31. The fourth-order valence-corrected chi connectivity index (χ4v) is 3.59. The normalized spacial score (nSPS) is 20.7. The molecule has 2 unspecified atom stereocenters. The van der Waals surface area contributed by atoms with E-state index < -0.39 is 5.54 Å². The molecule has 0 aromatic carbocycles. The number of methoxy groups -OCH3 is 1. The van der Waals surface area contributed by atoms with E-state index in [0.717, 1.165) is 24.3 Å². The highest BCUT2D eigenvalue weighted by Crippen LogP contribution is 2.42. The van der Waals surface area contributed by atoms with Gasteiger partial charge in [-0.2, -0.15) is 11.8 Å². The third-order valence-electron chi connectivity index (χ3n) is 3.70.